The Morgan fingerprint density at radius 2 is 0.776 bits per heavy atom. The molecule has 0 amide bonds. The van der Waals surface area contributed by atoms with Crippen LogP contribution in [0.15, 0.2) is 158 Å². The second-order valence-corrected chi connectivity index (χ2v) is 12.3. The molecular weight excluding hydrogens is 616 g/mol. The van der Waals surface area contributed by atoms with Crippen molar-refractivity contribution in [3.05, 3.63) is 180 Å². The van der Waals surface area contributed by atoms with E-state index >= 15 is 0 Å². The summed E-state index contributed by atoms with van der Waals surface area (Å²) in [6, 6.07) is 50.6. The molecule has 0 radical (unpaired) electrons. The summed E-state index contributed by atoms with van der Waals surface area (Å²) in [4.78, 5) is 0. The van der Waals surface area contributed by atoms with Crippen LogP contribution in [0.3, 0.4) is 0 Å². The monoisotopic (exact) mass is 648 g/mol. The molecule has 0 aliphatic rings. The smallest absolute Gasteiger partial charge is 0.207 e. The zero-order valence-corrected chi connectivity index (χ0v) is 27.0. The van der Waals surface area contributed by atoms with Crippen molar-refractivity contribution in [1.29, 1.82) is 0 Å². The molecule has 0 bridgehead atoms. The van der Waals surface area contributed by atoms with Gasteiger partial charge in [0.1, 0.15) is 5.82 Å². The molecule has 49 heavy (non-hydrogen) atoms. The van der Waals surface area contributed by atoms with Crippen molar-refractivity contribution in [3.8, 4) is 66.8 Å². The molecule has 4 heteroatoms. The van der Waals surface area contributed by atoms with Crippen molar-refractivity contribution in [2.24, 2.45) is 0 Å². The molecule has 0 N–H and O–H groups in total. The summed E-state index contributed by atoms with van der Waals surface area (Å²) >= 11 is 0. The summed E-state index contributed by atoms with van der Waals surface area (Å²) < 4.78 is 55.0. The molecule has 7 aromatic carbocycles. The van der Waals surface area contributed by atoms with Crippen molar-refractivity contribution >= 4 is 0 Å². The minimum Gasteiger partial charge on any atom is -0.207 e. The minimum atomic E-state index is -4.42. The largest absolute Gasteiger partial charge is 0.416 e. The molecule has 0 aromatic heterocycles. The molecule has 0 fully saturated rings. The molecule has 0 saturated heterocycles. The molecule has 0 saturated carbocycles. The number of benzene rings is 7. The van der Waals surface area contributed by atoms with Crippen LogP contribution in [-0.2, 0) is 6.18 Å². The standard InChI is InChI=1S/C45H32F4/c1-29-13-14-38(28-41(29)45(47,48)49)32-17-21-34(22-18-32)40-25-24-39(33-19-15-31(16-20-33)37-23-26-42(46)30(2)27-37)43(35-9-5-3-6-10-35)44(40)36-11-7-4-8-12-36/h3-28H,1-2H3. The van der Waals surface area contributed by atoms with Crippen molar-refractivity contribution in [2.75, 3.05) is 0 Å². The lowest BCUT2D eigenvalue weighted by atomic mass is 9.82. The third-order valence-corrected chi connectivity index (χ3v) is 9.09. The molecular formula is C45H32F4. The van der Waals surface area contributed by atoms with Crippen molar-refractivity contribution < 1.29 is 17.6 Å². The average molecular weight is 649 g/mol. The fourth-order valence-corrected chi connectivity index (χ4v) is 6.51. The predicted octanol–water partition coefficient (Wildman–Crippen LogP) is 13.5. The summed E-state index contributed by atoms with van der Waals surface area (Å²) in [6.07, 6.45) is -4.42. The van der Waals surface area contributed by atoms with E-state index in [2.05, 4.69) is 60.7 Å². The second kappa shape index (κ2) is 13.0. The first-order valence-electron chi connectivity index (χ1n) is 16.1. The summed E-state index contributed by atoms with van der Waals surface area (Å²) in [5.74, 6) is -0.221. The highest BCUT2D eigenvalue weighted by Crippen LogP contribution is 2.46. The Balaban J connectivity index is 1.38. The highest BCUT2D eigenvalue weighted by molar-refractivity contribution is 6.01. The first kappa shape index (κ1) is 31.8. The Kier molecular flexibility index (Phi) is 8.48. The van der Waals surface area contributed by atoms with Crippen LogP contribution in [0.2, 0.25) is 0 Å². The van der Waals surface area contributed by atoms with E-state index in [9.17, 15) is 17.6 Å². The van der Waals surface area contributed by atoms with Crippen LogP contribution in [0.4, 0.5) is 17.6 Å². The first-order valence-corrected chi connectivity index (χ1v) is 16.1. The van der Waals surface area contributed by atoms with Crippen LogP contribution >= 0.6 is 0 Å². The predicted molar refractivity (Wildman–Crippen MR) is 193 cm³/mol. The average Bonchev–Trinajstić information content (AvgIpc) is 3.13. The van der Waals surface area contributed by atoms with Gasteiger partial charge in [-0.05, 0) is 110 Å². The fourth-order valence-electron chi connectivity index (χ4n) is 6.51. The van der Waals surface area contributed by atoms with Crippen molar-refractivity contribution in [3.63, 3.8) is 0 Å². The molecule has 0 spiro atoms. The van der Waals surface area contributed by atoms with E-state index in [1.165, 1.54) is 25.1 Å². The topological polar surface area (TPSA) is 0 Å². The molecule has 7 aromatic rings. The van der Waals surface area contributed by atoms with Gasteiger partial charge in [-0.3, -0.25) is 0 Å². The van der Waals surface area contributed by atoms with Gasteiger partial charge in [0.15, 0.2) is 0 Å². The zero-order chi connectivity index (χ0) is 34.1. The van der Waals surface area contributed by atoms with Gasteiger partial charge in [0.25, 0.3) is 0 Å². The maximum atomic E-state index is 14.0. The van der Waals surface area contributed by atoms with Gasteiger partial charge in [-0.2, -0.15) is 13.2 Å². The Hall–Kier alpha value is -5.74. The quantitative estimate of drug-likeness (QED) is 0.157. The van der Waals surface area contributed by atoms with E-state index in [1.807, 2.05) is 66.7 Å². The maximum Gasteiger partial charge on any atom is 0.416 e. The Morgan fingerprint density at radius 3 is 1.22 bits per heavy atom. The molecule has 0 nitrogen and oxygen atoms in total. The van der Waals surface area contributed by atoms with Crippen LogP contribution in [0.1, 0.15) is 16.7 Å². The fraction of sp³-hybridized carbons (Fsp3) is 0.0667. The Morgan fingerprint density at radius 1 is 0.367 bits per heavy atom. The number of halogens is 4. The van der Waals surface area contributed by atoms with Gasteiger partial charge in [-0.15, -0.1) is 0 Å². The maximum absolute atomic E-state index is 14.0. The Bertz CT molecular complexity index is 2250. The first-order chi connectivity index (χ1) is 23.7. The zero-order valence-electron chi connectivity index (χ0n) is 27.0. The molecule has 240 valence electrons. The van der Waals surface area contributed by atoms with Gasteiger partial charge in [-0.25, -0.2) is 4.39 Å². The third kappa shape index (κ3) is 6.42. The van der Waals surface area contributed by atoms with Gasteiger partial charge in [0, 0.05) is 0 Å². The van der Waals surface area contributed by atoms with Gasteiger partial charge in [0.2, 0.25) is 0 Å². The SMILES string of the molecule is Cc1cc(-c2ccc(-c3ccc(-c4ccc(-c5ccc(C)c(C(F)(F)F)c5)cc4)c(-c4ccccc4)c3-c3ccccc3)cc2)ccc1F. The highest BCUT2D eigenvalue weighted by atomic mass is 19.4. The van der Waals surface area contributed by atoms with Crippen LogP contribution in [-0.4, -0.2) is 0 Å². The molecule has 0 unspecified atom stereocenters. The van der Waals surface area contributed by atoms with Crippen LogP contribution in [0.25, 0.3) is 66.8 Å². The number of hydrogen-bond donors (Lipinski definition) is 0. The van der Waals surface area contributed by atoms with E-state index in [0.29, 0.717) is 16.7 Å². The number of rotatable bonds is 6. The lowest BCUT2D eigenvalue weighted by Crippen LogP contribution is -2.07. The van der Waals surface area contributed by atoms with Gasteiger partial charge < -0.3 is 0 Å². The van der Waals surface area contributed by atoms with E-state index in [0.717, 1.165) is 55.6 Å². The summed E-state index contributed by atoms with van der Waals surface area (Å²) in [5.41, 5.74) is 11.7. The molecule has 7 rings (SSSR count). The van der Waals surface area contributed by atoms with E-state index < -0.39 is 11.7 Å². The minimum absolute atomic E-state index is 0.203. The number of hydrogen-bond acceptors (Lipinski definition) is 0. The summed E-state index contributed by atoms with van der Waals surface area (Å²) in [7, 11) is 0. The van der Waals surface area contributed by atoms with Crippen LogP contribution < -0.4 is 0 Å². The lowest BCUT2D eigenvalue weighted by Gasteiger charge is -2.21. The summed E-state index contributed by atoms with van der Waals surface area (Å²) in [5, 5.41) is 0. The van der Waals surface area contributed by atoms with Crippen LogP contribution in [0, 0.1) is 19.7 Å². The van der Waals surface area contributed by atoms with Gasteiger partial charge in [0.05, 0.1) is 5.56 Å². The van der Waals surface area contributed by atoms with E-state index in [1.54, 1.807) is 19.1 Å². The molecule has 0 aliphatic heterocycles. The summed E-state index contributed by atoms with van der Waals surface area (Å²) in [6.45, 7) is 3.25. The molecule has 0 heterocycles. The van der Waals surface area contributed by atoms with Gasteiger partial charge in [-0.1, -0.05) is 140 Å². The number of aryl methyl sites for hydroxylation is 2. The number of alkyl halides is 3. The van der Waals surface area contributed by atoms with Crippen molar-refractivity contribution in [1.82, 2.24) is 0 Å². The third-order valence-electron chi connectivity index (χ3n) is 9.09. The van der Waals surface area contributed by atoms with Crippen molar-refractivity contribution in [2.45, 2.75) is 20.0 Å². The molecule has 0 atom stereocenters. The normalized spacial score (nSPS) is 11.5. The Labute approximate surface area is 284 Å². The van der Waals surface area contributed by atoms with Crippen LogP contribution in [0.5, 0.6) is 0 Å². The lowest BCUT2D eigenvalue weighted by molar-refractivity contribution is -0.138. The van der Waals surface area contributed by atoms with Gasteiger partial charge >= 0.3 is 6.18 Å². The highest BCUT2D eigenvalue weighted by Gasteiger charge is 2.32. The van der Waals surface area contributed by atoms with E-state index in [4.69, 9.17) is 0 Å². The molecule has 0 aliphatic carbocycles. The van der Waals surface area contributed by atoms with E-state index in [-0.39, 0.29) is 11.4 Å². The second-order valence-electron chi connectivity index (χ2n) is 12.3.